The number of nitrogens with zero attached hydrogens (tertiary/aromatic N) is 1. The molecule has 1 aromatic rings. The van der Waals surface area contributed by atoms with Crippen molar-refractivity contribution in [3.8, 4) is 5.75 Å². The van der Waals surface area contributed by atoms with Gasteiger partial charge in [0.2, 0.25) is 0 Å². The normalized spacial score (nSPS) is 19.0. The van der Waals surface area contributed by atoms with Crippen molar-refractivity contribution < 1.29 is 14.3 Å². The maximum atomic E-state index is 12.7. The minimum Gasteiger partial charge on any atom is -0.497 e. The molecule has 0 aliphatic heterocycles. The summed E-state index contributed by atoms with van der Waals surface area (Å²) in [6, 6.07) is 5.91. The second kappa shape index (κ2) is 12.7. The number of carbonyl (C=O) groups is 1. The average molecular weight is 406 g/mol. The first-order valence-electron chi connectivity index (χ1n) is 11.0. The molecular formula is C23H39N3O3. The predicted molar refractivity (Wildman–Crippen MR) is 119 cm³/mol. The van der Waals surface area contributed by atoms with Gasteiger partial charge in [0.05, 0.1) is 13.2 Å². The van der Waals surface area contributed by atoms with Gasteiger partial charge in [-0.15, -0.1) is 0 Å². The third kappa shape index (κ3) is 7.86. The molecule has 0 atom stereocenters. The van der Waals surface area contributed by atoms with Gasteiger partial charge in [-0.25, -0.2) is 4.79 Å². The highest BCUT2D eigenvalue weighted by molar-refractivity contribution is 5.90. The van der Waals surface area contributed by atoms with Gasteiger partial charge in [-0.2, -0.15) is 0 Å². The van der Waals surface area contributed by atoms with E-state index >= 15 is 0 Å². The zero-order valence-corrected chi connectivity index (χ0v) is 18.6. The van der Waals surface area contributed by atoms with Crippen LogP contribution < -0.4 is 15.4 Å². The molecule has 0 spiro atoms. The quantitative estimate of drug-likeness (QED) is 0.529. The number of hydrogen-bond donors (Lipinski definition) is 2. The van der Waals surface area contributed by atoms with Crippen molar-refractivity contribution in [2.45, 2.75) is 70.4 Å². The number of carbonyl (C=O) groups excluding carboxylic acids is 1. The number of aryl methyl sites for hydroxylation is 1. The summed E-state index contributed by atoms with van der Waals surface area (Å²) < 4.78 is 11.3. The zero-order valence-electron chi connectivity index (χ0n) is 18.6. The van der Waals surface area contributed by atoms with E-state index in [1.165, 1.54) is 19.3 Å². The zero-order chi connectivity index (χ0) is 21.1. The van der Waals surface area contributed by atoms with Gasteiger partial charge in [-0.1, -0.05) is 12.8 Å². The Labute approximate surface area is 176 Å². The van der Waals surface area contributed by atoms with Gasteiger partial charge in [-0.3, -0.25) is 0 Å². The number of amides is 2. The first-order valence-corrected chi connectivity index (χ1v) is 11.0. The second-order valence-electron chi connectivity index (χ2n) is 8.04. The van der Waals surface area contributed by atoms with Crippen LogP contribution in [0.1, 0.15) is 56.9 Å². The van der Waals surface area contributed by atoms with Crippen LogP contribution >= 0.6 is 0 Å². The molecule has 0 bridgehead atoms. The standard InChI is InChI=1S/C23H39N3O3/c1-18-17-21(28-4)13-14-22(18)25-23(27)26(3)19-9-11-20(12-10-19)29-16-8-6-5-7-15-24-2/h13-14,17,19-20,24H,5-12,15-16H2,1-4H3,(H,25,27). The molecule has 6 nitrogen and oxygen atoms in total. The summed E-state index contributed by atoms with van der Waals surface area (Å²) in [4.78, 5) is 14.5. The molecule has 2 N–H and O–H groups in total. The van der Waals surface area contributed by atoms with E-state index in [1.54, 1.807) is 7.11 Å². The van der Waals surface area contributed by atoms with Crippen molar-refractivity contribution in [3.63, 3.8) is 0 Å². The Kier molecular flexibility index (Phi) is 10.3. The molecule has 1 aliphatic carbocycles. The molecule has 164 valence electrons. The third-order valence-electron chi connectivity index (χ3n) is 5.86. The highest BCUT2D eigenvalue weighted by Gasteiger charge is 2.27. The lowest BCUT2D eigenvalue weighted by Gasteiger charge is -2.34. The maximum Gasteiger partial charge on any atom is 0.321 e. The molecule has 6 heteroatoms. The van der Waals surface area contributed by atoms with E-state index in [9.17, 15) is 4.79 Å². The summed E-state index contributed by atoms with van der Waals surface area (Å²) in [7, 11) is 5.54. The lowest BCUT2D eigenvalue weighted by atomic mass is 9.92. The summed E-state index contributed by atoms with van der Waals surface area (Å²) >= 11 is 0. The van der Waals surface area contributed by atoms with E-state index in [4.69, 9.17) is 9.47 Å². The monoisotopic (exact) mass is 405 g/mol. The molecule has 1 aliphatic rings. The summed E-state index contributed by atoms with van der Waals surface area (Å²) in [6.07, 6.45) is 9.31. The van der Waals surface area contributed by atoms with Crippen LogP contribution in [0, 0.1) is 6.92 Å². The van der Waals surface area contributed by atoms with Gasteiger partial charge in [0.25, 0.3) is 0 Å². The number of urea groups is 1. The van der Waals surface area contributed by atoms with Gasteiger partial charge in [0.15, 0.2) is 0 Å². The highest BCUT2D eigenvalue weighted by Crippen LogP contribution is 2.26. The van der Waals surface area contributed by atoms with Crippen molar-refractivity contribution in [3.05, 3.63) is 23.8 Å². The number of ether oxygens (including phenoxy) is 2. The van der Waals surface area contributed by atoms with Crippen LogP contribution in [0.25, 0.3) is 0 Å². The van der Waals surface area contributed by atoms with E-state index < -0.39 is 0 Å². The van der Waals surface area contributed by atoms with E-state index in [1.807, 2.05) is 44.1 Å². The van der Waals surface area contributed by atoms with Crippen LogP contribution in [-0.2, 0) is 4.74 Å². The average Bonchev–Trinajstić information content (AvgIpc) is 2.74. The Bertz CT molecular complexity index is 615. The van der Waals surface area contributed by atoms with E-state index in [0.29, 0.717) is 6.10 Å². The molecular weight excluding hydrogens is 366 g/mol. The summed E-state index contributed by atoms with van der Waals surface area (Å²) in [5.74, 6) is 0.796. The minimum absolute atomic E-state index is 0.0517. The van der Waals surface area contributed by atoms with Gasteiger partial charge >= 0.3 is 6.03 Å². The van der Waals surface area contributed by atoms with E-state index in [0.717, 1.165) is 62.3 Å². The molecule has 0 aromatic heterocycles. The van der Waals surface area contributed by atoms with Crippen LogP contribution in [0.2, 0.25) is 0 Å². The molecule has 2 rings (SSSR count). The Morgan fingerprint density at radius 1 is 1.14 bits per heavy atom. The minimum atomic E-state index is -0.0517. The number of methoxy groups -OCH3 is 1. The van der Waals surface area contributed by atoms with Crippen molar-refractivity contribution in [2.24, 2.45) is 0 Å². The molecule has 1 fully saturated rings. The van der Waals surface area contributed by atoms with Crippen LogP contribution in [0.4, 0.5) is 10.5 Å². The lowest BCUT2D eigenvalue weighted by molar-refractivity contribution is 0.0131. The summed E-state index contributed by atoms with van der Waals surface area (Å²) in [6.45, 7) is 3.94. The molecule has 0 saturated heterocycles. The second-order valence-corrected chi connectivity index (χ2v) is 8.04. The van der Waals surface area contributed by atoms with E-state index in [-0.39, 0.29) is 12.1 Å². The fourth-order valence-electron chi connectivity index (χ4n) is 3.88. The predicted octanol–water partition coefficient (Wildman–Crippen LogP) is 4.57. The molecule has 2 amide bonds. The smallest absolute Gasteiger partial charge is 0.321 e. The van der Waals surface area contributed by atoms with Gasteiger partial charge in [-0.05, 0) is 82.8 Å². The van der Waals surface area contributed by atoms with Crippen molar-refractivity contribution in [1.29, 1.82) is 0 Å². The number of nitrogens with one attached hydrogen (secondary N) is 2. The number of benzene rings is 1. The fraction of sp³-hybridized carbons (Fsp3) is 0.696. The summed E-state index contributed by atoms with van der Waals surface area (Å²) in [5.41, 5.74) is 1.82. The number of hydrogen-bond acceptors (Lipinski definition) is 4. The number of rotatable bonds is 11. The fourth-order valence-corrected chi connectivity index (χ4v) is 3.88. The Balaban J connectivity index is 1.67. The molecule has 0 heterocycles. The Hall–Kier alpha value is -1.79. The highest BCUT2D eigenvalue weighted by atomic mass is 16.5. The molecule has 0 radical (unpaired) electrons. The van der Waals surface area contributed by atoms with Crippen molar-refractivity contribution in [1.82, 2.24) is 10.2 Å². The molecule has 1 aromatic carbocycles. The van der Waals surface area contributed by atoms with Gasteiger partial charge in [0.1, 0.15) is 5.75 Å². The van der Waals surface area contributed by atoms with Crippen LogP contribution in [0.3, 0.4) is 0 Å². The van der Waals surface area contributed by atoms with Crippen LogP contribution in [0.15, 0.2) is 18.2 Å². The number of anilines is 1. The first kappa shape index (κ1) is 23.5. The third-order valence-corrected chi connectivity index (χ3v) is 5.86. The van der Waals surface area contributed by atoms with Crippen molar-refractivity contribution in [2.75, 3.05) is 39.7 Å². The largest absolute Gasteiger partial charge is 0.497 e. The van der Waals surface area contributed by atoms with Gasteiger partial charge < -0.3 is 25.0 Å². The lowest BCUT2D eigenvalue weighted by Crippen LogP contribution is -2.42. The Morgan fingerprint density at radius 3 is 2.52 bits per heavy atom. The molecule has 1 saturated carbocycles. The van der Waals surface area contributed by atoms with Gasteiger partial charge in [0, 0.05) is 25.4 Å². The molecule has 0 unspecified atom stereocenters. The topological polar surface area (TPSA) is 62.8 Å². The maximum absolute atomic E-state index is 12.7. The first-order chi connectivity index (χ1) is 14.0. The SMILES string of the molecule is CNCCCCCCOC1CCC(N(C)C(=O)Nc2ccc(OC)cc2C)CC1. The molecule has 29 heavy (non-hydrogen) atoms. The summed E-state index contributed by atoms with van der Waals surface area (Å²) in [5, 5.41) is 6.21. The number of unbranched alkanes of at least 4 members (excludes halogenated alkanes) is 3. The van der Waals surface area contributed by atoms with E-state index in [2.05, 4.69) is 10.6 Å². The van der Waals surface area contributed by atoms with Crippen LogP contribution in [0.5, 0.6) is 5.75 Å². The van der Waals surface area contributed by atoms with Crippen molar-refractivity contribution >= 4 is 11.7 Å². The van der Waals surface area contributed by atoms with Crippen LogP contribution in [-0.4, -0.2) is 57.4 Å². The Morgan fingerprint density at radius 2 is 1.86 bits per heavy atom.